The highest BCUT2D eigenvalue weighted by Gasteiger charge is 2.32. The third kappa shape index (κ3) is 3.10. The maximum Gasteiger partial charge on any atom is 0.259 e. The Bertz CT molecular complexity index is 590. The van der Waals surface area contributed by atoms with Crippen LogP contribution in [0, 0.1) is 19.8 Å². The Hall–Kier alpha value is -2.38. The van der Waals surface area contributed by atoms with E-state index in [1.54, 1.807) is 13.8 Å². The van der Waals surface area contributed by atoms with E-state index in [2.05, 4.69) is 5.16 Å². The molecule has 1 fully saturated rings. The minimum atomic E-state index is -0.587. The van der Waals surface area contributed by atoms with E-state index in [0.29, 0.717) is 30.1 Å². The lowest BCUT2D eigenvalue weighted by Gasteiger charge is -2.22. The van der Waals surface area contributed by atoms with Crippen molar-refractivity contribution in [1.29, 1.82) is 0 Å². The smallest absolute Gasteiger partial charge is 0.259 e. The third-order valence-corrected chi connectivity index (χ3v) is 3.90. The lowest BCUT2D eigenvalue weighted by Crippen LogP contribution is -2.41. The minimum absolute atomic E-state index is 0.141. The van der Waals surface area contributed by atoms with Gasteiger partial charge in [0, 0.05) is 33.1 Å². The first kappa shape index (κ1) is 16.0. The second-order valence-corrected chi connectivity index (χ2v) is 5.51. The van der Waals surface area contributed by atoms with Gasteiger partial charge < -0.3 is 20.1 Å². The largest absolute Gasteiger partial charge is 0.369 e. The van der Waals surface area contributed by atoms with E-state index in [-0.39, 0.29) is 24.9 Å². The molecule has 0 spiro atoms. The maximum absolute atomic E-state index is 12.7. The first-order chi connectivity index (χ1) is 10.3. The number of carbonyl (C=O) groups is 3. The Morgan fingerprint density at radius 2 is 1.77 bits per heavy atom. The Balaban J connectivity index is 2.25. The first-order valence-electron chi connectivity index (χ1n) is 7.08. The molecule has 1 aliphatic heterocycles. The highest BCUT2D eigenvalue weighted by atomic mass is 16.5. The van der Waals surface area contributed by atoms with E-state index in [1.807, 2.05) is 0 Å². The van der Waals surface area contributed by atoms with Crippen LogP contribution in [-0.2, 0) is 9.59 Å². The van der Waals surface area contributed by atoms with Gasteiger partial charge in [0.15, 0.2) is 0 Å². The summed E-state index contributed by atoms with van der Waals surface area (Å²) in [5, 5.41) is 3.77. The van der Waals surface area contributed by atoms with Gasteiger partial charge in [-0.1, -0.05) is 5.16 Å². The molecule has 22 heavy (non-hydrogen) atoms. The van der Waals surface area contributed by atoms with Crippen molar-refractivity contribution in [3.05, 3.63) is 17.0 Å². The molecule has 0 aromatic carbocycles. The number of nitrogens with zero attached hydrogens (tertiary/aromatic N) is 3. The molecule has 1 saturated heterocycles. The lowest BCUT2D eigenvalue weighted by molar-refractivity contribution is -0.130. The van der Waals surface area contributed by atoms with Gasteiger partial charge in [0.2, 0.25) is 11.8 Å². The van der Waals surface area contributed by atoms with Crippen molar-refractivity contribution in [2.45, 2.75) is 20.8 Å². The van der Waals surface area contributed by atoms with E-state index < -0.39 is 11.8 Å². The molecule has 0 radical (unpaired) electrons. The van der Waals surface area contributed by atoms with Gasteiger partial charge in [-0.15, -0.1) is 0 Å². The van der Waals surface area contributed by atoms with Crippen molar-refractivity contribution in [3.63, 3.8) is 0 Å². The molecule has 8 nitrogen and oxygen atoms in total. The van der Waals surface area contributed by atoms with Crippen LogP contribution in [0.15, 0.2) is 4.52 Å². The SMILES string of the molecule is CC(=O)N1CCN(C(=O)c2c(C)noc2C)CC(C(N)=O)C1. The molecule has 1 aromatic rings. The van der Waals surface area contributed by atoms with Crippen LogP contribution >= 0.6 is 0 Å². The van der Waals surface area contributed by atoms with Crippen LogP contribution in [-0.4, -0.2) is 58.9 Å². The summed E-state index contributed by atoms with van der Waals surface area (Å²) >= 11 is 0. The van der Waals surface area contributed by atoms with Gasteiger partial charge in [-0.2, -0.15) is 0 Å². The van der Waals surface area contributed by atoms with Gasteiger partial charge in [-0.3, -0.25) is 14.4 Å². The van der Waals surface area contributed by atoms with Crippen LogP contribution < -0.4 is 5.73 Å². The maximum atomic E-state index is 12.7. The van der Waals surface area contributed by atoms with Gasteiger partial charge in [0.05, 0.1) is 11.6 Å². The van der Waals surface area contributed by atoms with Crippen LogP contribution in [0.2, 0.25) is 0 Å². The molecular weight excluding hydrogens is 288 g/mol. The highest BCUT2D eigenvalue weighted by molar-refractivity contribution is 5.96. The summed E-state index contributed by atoms with van der Waals surface area (Å²) < 4.78 is 5.02. The average Bonchev–Trinajstić information content (AvgIpc) is 2.66. The zero-order chi connectivity index (χ0) is 16.4. The van der Waals surface area contributed by atoms with E-state index in [0.717, 1.165) is 0 Å². The number of hydrogen-bond acceptors (Lipinski definition) is 5. The van der Waals surface area contributed by atoms with E-state index in [9.17, 15) is 14.4 Å². The molecule has 2 heterocycles. The molecule has 1 unspecified atom stereocenters. The minimum Gasteiger partial charge on any atom is -0.369 e. The van der Waals surface area contributed by atoms with Gasteiger partial charge in [0.25, 0.3) is 5.91 Å². The molecule has 2 rings (SSSR count). The predicted molar refractivity (Wildman–Crippen MR) is 76.8 cm³/mol. The molecule has 8 heteroatoms. The molecule has 1 aliphatic rings. The van der Waals surface area contributed by atoms with Crippen molar-refractivity contribution in [3.8, 4) is 0 Å². The zero-order valence-electron chi connectivity index (χ0n) is 13.0. The molecule has 1 atom stereocenters. The highest BCUT2D eigenvalue weighted by Crippen LogP contribution is 2.18. The lowest BCUT2D eigenvalue weighted by atomic mass is 10.1. The summed E-state index contributed by atoms with van der Waals surface area (Å²) in [7, 11) is 0. The van der Waals surface area contributed by atoms with Crippen molar-refractivity contribution >= 4 is 17.7 Å². The fourth-order valence-electron chi connectivity index (χ4n) is 2.61. The number of aromatic nitrogens is 1. The summed E-state index contributed by atoms with van der Waals surface area (Å²) in [6.45, 7) is 5.91. The van der Waals surface area contributed by atoms with Crippen molar-refractivity contribution < 1.29 is 18.9 Å². The molecule has 0 bridgehead atoms. The second-order valence-electron chi connectivity index (χ2n) is 5.51. The monoisotopic (exact) mass is 308 g/mol. The number of aryl methyl sites for hydroxylation is 2. The third-order valence-electron chi connectivity index (χ3n) is 3.90. The topological polar surface area (TPSA) is 110 Å². The Morgan fingerprint density at radius 3 is 2.27 bits per heavy atom. The number of primary amides is 1. The number of rotatable bonds is 2. The summed E-state index contributed by atoms with van der Waals surface area (Å²) in [4.78, 5) is 38.9. The molecule has 0 aliphatic carbocycles. The van der Waals surface area contributed by atoms with Crippen molar-refractivity contribution in [2.75, 3.05) is 26.2 Å². The van der Waals surface area contributed by atoms with Crippen molar-refractivity contribution in [1.82, 2.24) is 15.0 Å². The van der Waals surface area contributed by atoms with E-state index in [4.69, 9.17) is 10.3 Å². The molecule has 3 amide bonds. The molecule has 0 saturated carbocycles. The van der Waals surface area contributed by atoms with Gasteiger partial charge in [-0.05, 0) is 13.8 Å². The molecule has 120 valence electrons. The van der Waals surface area contributed by atoms with Crippen molar-refractivity contribution in [2.24, 2.45) is 11.7 Å². The summed E-state index contributed by atoms with van der Waals surface area (Å²) in [6, 6.07) is 0. The number of carbonyl (C=O) groups excluding carboxylic acids is 3. The number of nitrogens with two attached hydrogens (primary N) is 1. The van der Waals surface area contributed by atoms with Gasteiger partial charge in [-0.25, -0.2) is 0 Å². The van der Waals surface area contributed by atoms with Crippen LogP contribution in [0.25, 0.3) is 0 Å². The summed E-state index contributed by atoms with van der Waals surface area (Å²) in [5.41, 5.74) is 6.30. The van der Waals surface area contributed by atoms with Crippen LogP contribution in [0.5, 0.6) is 0 Å². The average molecular weight is 308 g/mol. The fraction of sp³-hybridized carbons (Fsp3) is 0.571. The predicted octanol–water partition coefficient (Wildman–Crippen LogP) is -0.303. The Morgan fingerprint density at radius 1 is 1.18 bits per heavy atom. The number of amides is 3. The molecular formula is C14H20N4O4. The Labute approximate surface area is 128 Å². The van der Waals surface area contributed by atoms with E-state index in [1.165, 1.54) is 16.7 Å². The van der Waals surface area contributed by atoms with Crippen LogP contribution in [0.4, 0.5) is 0 Å². The van der Waals surface area contributed by atoms with Crippen LogP contribution in [0.1, 0.15) is 28.7 Å². The van der Waals surface area contributed by atoms with E-state index >= 15 is 0 Å². The first-order valence-corrected chi connectivity index (χ1v) is 7.08. The normalized spacial score (nSPS) is 19.0. The quantitative estimate of drug-likeness (QED) is 0.806. The van der Waals surface area contributed by atoms with Crippen LogP contribution in [0.3, 0.4) is 0 Å². The molecule has 2 N–H and O–H groups in total. The fourth-order valence-corrected chi connectivity index (χ4v) is 2.61. The number of hydrogen-bond donors (Lipinski definition) is 1. The second kappa shape index (κ2) is 6.17. The van der Waals surface area contributed by atoms with Gasteiger partial charge in [0.1, 0.15) is 11.3 Å². The summed E-state index contributed by atoms with van der Waals surface area (Å²) in [5.74, 6) is -1.07. The Kier molecular flexibility index (Phi) is 4.48. The molecule has 1 aromatic heterocycles. The zero-order valence-corrected chi connectivity index (χ0v) is 13.0. The van der Waals surface area contributed by atoms with Gasteiger partial charge >= 0.3 is 0 Å². The summed E-state index contributed by atoms with van der Waals surface area (Å²) in [6.07, 6.45) is 0. The standard InChI is InChI=1S/C14H20N4O4/c1-8-12(9(2)22-16-8)14(21)18-5-4-17(10(3)19)6-11(7-18)13(15)20/h11H,4-7H2,1-3H3,(H2,15,20).